The molecule has 6 rings (SSSR count). The fourth-order valence-corrected chi connectivity index (χ4v) is 7.82. The zero-order valence-electron chi connectivity index (χ0n) is 38.6. The molecule has 0 saturated carbocycles. The summed E-state index contributed by atoms with van der Waals surface area (Å²) < 4.78 is 5.92. The van der Waals surface area contributed by atoms with Crippen LogP contribution in [-0.2, 0) is 27.3 Å². The molecule has 2 amide bonds. The van der Waals surface area contributed by atoms with E-state index < -0.39 is 10.0 Å². The number of amidine groups is 2. The van der Waals surface area contributed by atoms with E-state index in [1.807, 2.05) is 82.3 Å². The van der Waals surface area contributed by atoms with Gasteiger partial charge in [0.25, 0.3) is 5.91 Å². The molecule has 1 saturated heterocycles. The second kappa shape index (κ2) is 25.4. The summed E-state index contributed by atoms with van der Waals surface area (Å²) in [5.74, 6) is 1.41. The summed E-state index contributed by atoms with van der Waals surface area (Å²) in [5.41, 5.74) is 7.78. The number of anilines is 1. The number of benzodiazepines with no additional fused rings is 1. The number of aliphatic imine (C=N–C) groups is 1. The highest BCUT2D eigenvalue weighted by molar-refractivity contribution is 8.32. The molecule has 2 heterocycles. The van der Waals surface area contributed by atoms with Crippen LogP contribution in [-0.4, -0.2) is 99.0 Å². The van der Waals surface area contributed by atoms with Gasteiger partial charge < -0.3 is 25.1 Å². The van der Waals surface area contributed by atoms with Crippen LogP contribution in [0.3, 0.4) is 0 Å². The van der Waals surface area contributed by atoms with Crippen LogP contribution in [0.5, 0.6) is 5.75 Å². The fourth-order valence-electron chi connectivity index (χ4n) is 6.86. The Kier molecular flexibility index (Phi) is 20.8. The maximum atomic E-state index is 12.7. The summed E-state index contributed by atoms with van der Waals surface area (Å²) in [5, 5.41) is 22.3. The maximum absolute atomic E-state index is 12.7. The van der Waals surface area contributed by atoms with Gasteiger partial charge in [0.2, 0.25) is 5.91 Å². The van der Waals surface area contributed by atoms with Gasteiger partial charge in [-0.05, 0) is 130 Å². The first kappa shape index (κ1) is 50.8. The molecule has 11 nitrogen and oxygen atoms in total. The molecule has 0 atom stereocenters. The molecule has 4 N–H and O–H groups in total. The maximum Gasteiger partial charge on any atom is 0.258 e. The number of aldehydes is 1. The van der Waals surface area contributed by atoms with Crippen molar-refractivity contribution in [1.82, 2.24) is 15.5 Å². The number of aryl methyl sites for hydroxylation is 1. The van der Waals surface area contributed by atoms with Gasteiger partial charge in [-0.3, -0.25) is 30.3 Å². The first-order valence-electron chi connectivity index (χ1n) is 21.4. The molecular weight excluding hydrogens is 795 g/mol. The summed E-state index contributed by atoms with van der Waals surface area (Å²) in [7, 11) is 1.55. The number of piperidine rings is 1. The van der Waals surface area contributed by atoms with Crippen molar-refractivity contribution in [3.63, 3.8) is 0 Å². The van der Waals surface area contributed by atoms with Gasteiger partial charge in [-0.2, -0.15) is 0 Å². The van der Waals surface area contributed by atoms with Crippen molar-refractivity contribution in [3.8, 4) is 5.75 Å². The van der Waals surface area contributed by atoms with Crippen LogP contribution in [0.1, 0.15) is 86.8 Å². The van der Waals surface area contributed by atoms with Gasteiger partial charge in [-0.25, -0.2) is 10.0 Å². The Hall–Kier alpha value is -5.59. The lowest BCUT2D eigenvalue weighted by atomic mass is 9.89. The summed E-state index contributed by atoms with van der Waals surface area (Å²) in [4.78, 5) is 43.0. The average molecular weight is 864 g/mol. The summed E-state index contributed by atoms with van der Waals surface area (Å²) >= 11 is 0. The number of likely N-dealkylation sites (tertiary alicyclic amines) is 1. The zero-order valence-corrected chi connectivity index (χ0v) is 39.4. The number of carbonyl (C=O) groups is 3. The summed E-state index contributed by atoms with van der Waals surface area (Å²) in [6.45, 7) is 14.5. The smallest absolute Gasteiger partial charge is 0.258 e. The molecule has 0 bridgehead atoms. The van der Waals surface area contributed by atoms with Crippen LogP contribution < -0.4 is 20.3 Å². The molecule has 2 aliphatic rings. The Morgan fingerprint density at radius 2 is 1.56 bits per heavy atom. The molecule has 334 valence electrons. The number of carbonyl (C=O) groups excluding carboxylic acids is 3. The number of nitrogens with one attached hydrogen (secondary N) is 4. The molecule has 62 heavy (non-hydrogen) atoms. The molecule has 0 unspecified atom stereocenters. The molecule has 4 aromatic rings. The van der Waals surface area contributed by atoms with Crippen molar-refractivity contribution in [3.05, 3.63) is 124 Å². The highest BCUT2D eigenvalue weighted by Crippen LogP contribution is 2.44. The Balaban J connectivity index is 0.000000402. The van der Waals surface area contributed by atoms with E-state index in [2.05, 4.69) is 71.7 Å². The normalized spacial score (nSPS) is 14.1. The lowest BCUT2D eigenvalue weighted by molar-refractivity contribution is -0.123. The van der Waals surface area contributed by atoms with Gasteiger partial charge in [0.05, 0.1) is 17.9 Å². The Labute approximate surface area is 372 Å². The number of amides is 2. The van der Waals surface area contributed by atoms with E-state index in [0.717, 1.165) is 72.3 Å². The van der Waals surface area contributed by atoms with E-state index in [4.69, 9.17) is 20.5 Å². The molecular formula is C50H69N7O4S. The lowest BCUT2D eigenvalue weighted by Gasteiger charge is -2.29. The molecule has 0 spiro atoms. The third-order valence-corrected chi connectivity index (χ3v) is 11.8. The Morgan fingerprint density at radius 3 is 2.13 bits per heavy atom. The van der Waals surface area contributed by atoms with Crippen molar-refractivity contribution >= 4 is 51.2 Å². The van der Waals surface area contributed by atoms with Crippen molar-refractivity contribution < 1.29 is 19.1 Å². The number of benzene rings is 4. The van der Waals surface area contributed by atoms with Crippen molar-refractivity contribution in [2.24, 2.45) is 4.99 Å². The van der Waals surface area contributed by atoms with Gasteiger partial charge >= 0.3 is 0 Å². The monoisotopic (exact) mass is 864 g/mol. The van der Waals surface area contributed by atoms with Crippen molar-refractivity contribution in [2.45, 2.75) is 78.2 Å². The first-order valence-corrected chi connectivity index (χ1v) is 24.3. The second-order valence-electron chi connectivity index (χ2n) is 15.9. The SMILES string of the molecule is CC.CC(=N)N1C(=N)CN=C(c2ccc(C)cc2)c2cc(OCC(=O)NCc3cccc(C4CCN(C)CC4)c3)ccc21.CCNC(C)=O.CS(C)(C)c1ccc(CC=O)cc1. The van der Waals surface area contributed by atoms with Crippen LogP contribution in [0.25, 0.3) is 0 Å². The minimum atomic E-state index is -0.623. The van der Waals surface area contributed by atoms with Crippen LogP contribution >= 0.6 is 10.0 Å². The van der Waals surface area contributed by atoms with E-state index >= 15 is 0 Å². The number of rotatable bonds is 11. The molecule has 1 fully saturated rings. The molecule has 4 aromatic carbocycles. The molecule has 2 aliphatic heterocycles. The van der Waals surface area contributed by atoms with Gasteiger partial charge in [-0.1, -0.05) is 80.1 Å². The first-order chi connectivity index (χ1) is 29.6. The largest absolute Gasteiger partial charge is 0.484 e. The number of fused-ring (bicyclic) bond motifs is 1. The standard InChI is InChI=1S/C33H38N6O2.C11H16OS.C4H9NO.C2H6/c1-22-7-9-26(10-8-22)33-29-18-28(11-12-30(29)39(23(2)34)31(35)20-37-33)41-21-32(40)36-19-24-5-4-6-27(17-24)25-13-15-38(3)16-14-25;1-13(2,3)11-6-4-10(5-7-11)8-9-12;1-3-5-4(2)6;1-2/h4-12,17-18,25,34-35H,13-16,19-21H2,1-3H3,(H,36,40);4-7,9H,8H2,1-3H3;3H2,1-2H3,(H,5,6);1-2H3. The van der Waals surface area contributed by atoms with Crippen LogP contribution in [0, 0.1) is 17.7 Å². The Bertz CT molecular complexity index is 2120. The quantitative estimate of drug-likeness (QED) is 0.0673. The van der Waals surface area contributed by atoms with E-state index in [0.29, 0.717) is 30.3 Å². The molecule has 0 aromatic heterocycles. The average Bonchev–Trinajstić information content (AvgIpc) is 3.39. The van der Waals surface area contributed by atoms with E-state index in [1.54, 1.807) is 17.9 Å². The fraction of sp³-hybridized carbons (Fsp3) is 0.400. The van der Waals surface area contributed by atoms with Crippen molar-refractivity contribution in [2.75, 3.05) is 63.5 Å². The second-order valence-corrected chi connectivity index (χ2v) is 20.0. The van der Waals surface area contributed by atoms with Gasteiger partial charge in [0, 0.05) is 37.6 Å². The minimum absolute atomic E-state index is 0.0394. The van der Waals surface area contributed by atoms with Gasteiger partial charge in [0.1, 0.15) is 23.7 Å². The minimum Gasteiger partial charge on any atom is -0.484 e. The zero-order chi connectivity index (χ0) is 45.8. The summed E-state index contributed by atoms with van der Waals surface area (Å²) in [6, 6.07) is 30.4. The predicted molar refractivity (Wildman–Crippen MR) is 261 cm³/mol. The van der Waals surface area contributed by atoms with Gasteiger partial charge in [-0.15, -0.1) is 0 Å². The third kappa shape index (κ3) is 16.0. The van der Waals surface area contributed by atoms with Crippen LogP contribution in [0.2, 0.25) is 0 Å². The van der Waals surface area contributed by atoms with E-state index in [1.165, 1.54) is 17.4 Å². The summed E-state index contributed by atoms with van der Waals surface area (Å²) in [6.07, 6.45) is 10.6. The highest BCUT2D eigenvalue weighted by Gasteiger charge is 2.25. The van der Waals surface area contributed by atoms with Crippen molar-refractivity contribution in [1.29, 1.82) is 10.8 Å². The third-order valence-electron chi connectivity index (χ3n) is 10.2. The highest BCUT2D eigenvalue weighted by atomic mass is 32.3. The molecule has 0 radical (unpaired) electrons. The Morgan fingerprint density at radius 1 is 0.903 bits per heavy atom. The predicted octanol–water partition coefficient (Wildman–Crippen LogP) is 8.78. The number of hydrogen-bond acceptors (Lipinski definition) is 8. The number of nitrogens with zero attached hydrogens (tertiary/aromatic N) is 3. The van der Waals surface area contributed by atoms with Crippen LogP contribution in [0.4, 0.5) is 5.69 Å². The topological polar surface area (TPSA) is 151 Å². The lowest BCUT2D eigenvalue weighted by Crippen LogP contribution is -2.35. The van der Waals surface area contributed by atoms with E-state index in [-0.39, 0.29) is 36.6 Å². The molecule has 0 aliphatic carbocycles. The molecule has 12 heteroatoms. The number of ether oxygens (including phenoxy) is 1. The van der Waals surface area contributed by atoms with E-state index in [9.17, 15) is 14.4 Å². The van der Waals surface area contributed by atoms with Gasteiger partial charge in [0.15, 0.2) is 6.61 Å². The van der Waals surface area contributed by atoms with Crippen LogP contribution in [0.15, 0.2) is 101 Å². The number of hydrogen-bond donors (Lipinski definition) is 4.